The van der Waals surface area contributed by atoms with Crippen molar-refractivity contribution in [3.05, 3.63) is 23.2 Å². The van der Waals surface area contributed by atoms with Gasteiger partial charge in [0.1, 0.15) is 5.75 Å². The van der Waals surface area contributed by atoms with Crippen LogP contribution in [0.3, 0.4) is 0 Å². The second-order valence-corrected chi connectivity index (χ2v) is 5.08. The van der Waals surface area contributed by atoms with Crippen LogP contribution in [0, 0.1) is 0 Å². The highest BCUT2D eigenvalue weighted by Gasteiger charge is 2.14. The summed E-state index contributed by atoms with van der Waals surface area (Å²) < 4.78 is 28.4. The zero-order chi connectivity index (χ0) is 17.4. The fourth-order valence-electron chi connectivity index (χ4n) is 1.90. The molecule has 0 aliphatic heterocycles. The van der Waals surface area contributed by atoms with Crippen molar-refractivity contribution in [3.8, 4) is 5.75 Å². The largest absolute Gasteiger partial charge is 0.480 e. The Kier molecular flexibility index (Phi) is 7.70. The number of alkyl halides is 2. The number of carbonyl (C=O) groups is 2. The number of nitrogens with zero attached hydrogens (tertiary/aromatic N) is 1. The highest BCUT2D eigenvalue weighted by Crippen LogP contribution is 2.28. The molecular formula is C14H17ClF2N2O4. The zero-order valence-electron chi connectivity index (χ0n) is 12.4. The van der Waals surface area contributed by atoms with E-state index in [-0.39, 0.29) is 23.9 Å². The van der Waals surface area contributed by atoms with Gasteiger partial charge in [-0.15, -0.1) is 0 Å². The number of ether oxygens (including phenoxy) is 1. The van der Waals surface area contributed by atoms with Crippen molar-refractivity contribution in [2.24, 2.45) is 0 Å². The summed E-state index contributed by atoms with van der Waals surface area (Å²) in [5, 5.41) is 11.2. The quantitative estimate of drug-likeness (QED) is 0.716. The summed E-state index contributed by atoms with van der Waals surface area (Å²) in [4.78, 5) is 24.1. The Hall–Kier alpha value is -1.93. The van der Waals surface area contributed by atoms with Crippen molar-refractivity contribution in [3.63, 3.8) is 0 Å². The summed E-state index contributed by atoms with van der Waals surface area (Å²) in [5.41, 5.74) is 0.299. The average molecular weight is 351 g/mol. The number of nitrogens with one attached hydrogen (secondary N) is 1. The lowest BCUT2D eigenvalue weighted by Gasteiger charge is -2.18. The maximum Gasteiger partial charge on any atom is 0.387 e. The molecule has 0 aromatic heterocycles. The number of carboxylic acids is 1. The Balaban J connectivity index is 2.65. The van der Waals surface area contributed by atoms with Gasteiger partial charge in [0.2, 0.25) is 5.91 Å². The molecule has 1 aromatic carbocycles. The van der Waals surface area contributed by atoms with Crippen LogP contribution in [0.25, 0.3) is 0 Å². The lowest BCUT2D eigenvalue weighted by molar-refractivity contribution is -0.138. The molecule has 0 bridgehead atoms. The number of hydrogen-bond donors (Lipinski definition) is 2. The summed E-state index contributed by atoms with van der Waals surface area (Å²) in [6.07, 6.45) is 0.700. The van der Waals surface area contributed by atoms with Gasteiger partial charge in [-0.1, -0.05) is 18.5 Å². The van der Waals surface area contributed by atoms with E-state index in [0.717, 1.165) is 0 Å². The van der Waals surface area contributed by atoms with Crippen molar-refractivity contribution in [2.75, 3.05) is 25.0 Å². The molecule has 1 amide bonds. The highest BCUT2D eigenvalue weighted by molar-refractivity contribution is 6.32. The Bertz CT molecular complexity index is 558. The third kappa shape index (κ3) is 7.25. The van der Waals surface area contributed by atoms with Crippen LogP contribution < -0.4 is 10.1 Å². The summed E-state index contributed by atoms with van der Waals surface area (Å²) in [5.74, 6) is -1.65. The first kappa shape index (κ1) is 19.1. The van der Waals surface area contributed by atoms with Crippen LogP contribution in [-0.4, -0.2) is 48.1 Å². The van der Waals surface area contributed by atoms with Crippen molar-refractivity contribution in [2.45, 2.75) is 20.0 Å². The van der Waals surface area contributed by atoms with Gasteiger partial charge in [-0.25, -0.2) is 0 Å². The fourth-order valence-corrected chi connectivity index (χ4v) is 2.12. The minimum Gasteiger partial charge on any atom is -0.480 e. The van der Waals surface area contributed by atoms with Crippen molar-refractivity contribution in [1.29, 1.82) is 0 Å². The number of benzene rings is 1. The van der Waals surface area contributed by atoms with E-state index >= 15 is 0 Å². The molecule has 2 N–H and O–H groups in total. The third-order valence-electron chi connectivity index (χ3n) is 2.70. The Morgan fingerprint density at radius 1 is 1.39 bits per heavy atom. The molecule has 6 nitrogen and oxygen atoms in total. The molecule has 0 aliphatic rings. The van der Waals surface area contributed by atoms with Gasteiger partial charge < -0.3 is 15.2 Å². The van der Waals surface area contributed by atoms with Gasteiger partial charge in [-0.2, -0.15) is 8.78 Å². The number of amides is 1. The minimum absolute atomic E-state index is 0.0703. The number of hydrogen-bond acceptors (Lipinski definition) is 4. The highest BCUT2D eigenvalue weighted by atomic mass is 35.5. The average Bonchev–Trinajstić information content (AvgIpc) is 2.41. The maximum absolute atomic E-state index is 12.1. The van der Waals surface area contributed by atoms with Crippen molar-refractivity contribution < 1.29 is 28.2 Å². The van der Waals surface area contributed by atoms with E-state index in [1.807, 2.05) is 6.92 Å². The molecule has 0 saturated heterocycles. The second-order valence-electron chi connectivity index (χ2n) is 4.68. The monoisotopic (exact) mass is 350 g/mol. The third-order valence-corrected chi connectivity index (χ3v) is 2.99. The van der Waals surface area contributed by atoms with Crippen molar-refractivity contribution >= 4 is 29.2 Å². The molecule has 9 heteroatoms. The van der Waals surface area contributed by atoms with E-state index in [4.69, 9.17) is 16.7 Å². The van der Waals surface area contributed by atoms with E-state index in [1.165, 1.54) is 23.1 Å². The van der Waals surface area contributed by atoms with Gasteiger partial charge in [0, 0.05) is 5.69 Å². The van der Waals surface area contributed by atoms with Crippen LogP contribution in [0.2, 0.25) is 5.02 Å². The summed E-state index contributed by atoms with van der Waals surface area (Å²) in [6, 6.07) is 3.85. The fraction of sp³-hybridized carbons (Fsp3) is 0.429. The molecule has 0 heterocycles. The van der Waals surface area contributed by atoms with E-state index in [1.54, 1.807) is 0 Å². The van der Waals surface area contributed by atoms with Gasteiger partial charge in [0.25, 0.3) is 0 Å². The maximum atomic E-state index is 12.1. The van der Waals surface area contributed by atoms with E-state index in [2.05, 4.69) is 10.1 Å². The van der Waals surface area contributed by atoms with Crippen LogP contribution in [-0.2, 0) is 9.59 Å². The molecule has 0 atom stereocenters. The van der Waals surface area contributed by atoms with Crippen LogP contribution in [0.15, 0.2) is 18.2 Å². The first-order valence-corrected chi connectivity index (χ1v) is 7.18. The van der Waals surface area contributed by atoms with Crippen LogP contribution in [0.5, 0.6) is 5.75 Å². The summed E-state index contributed by atoms with van der Waals surface area (Å²) in [7, 11) is 0. The SMILES string of the molecule is CCCN(CC(=O)O)CC(=O)Nc1ccc(OC(F)F)c(Cl)c1. The Morgan fingerprint density at radius 2 is 2.09 bits per heavy atom. The minimum atomic E-state index is -2.99. The normalized spacial score (nSPS) is 10.9. The molecule has 1 aromatic rings. The summed E-state index contributed by atoms with van der Waals surface area (Å²) >= 11 is 5.78. The molecule has 128 valence electrons. The smallest absolute Gasteiger partial charge is 0.387 e. The lowest BCUT2D eigenvalue weighted by atomic mass is 10.3. The van der Waals surface area contributed by atoms with Gasteiger partial charge in [-0.3, -0.25) is 14.5 Å². The Morgan fingerprint density at radius 3 is 2.61 bits per heavy atom. The van der Waals surface area contributed by atoms with E-state index in [9.17, 15) is 18.4 Å². The molecule has 23 heavy (non-hydrogen) atoms. The van der Waals surface area contributed by atoms with Crippen LogP contribution in [0.1, 0.15) is 13.3 Å². The first-order valence-electron chi connectivity index (χ1n) is 6.80. The lowest BCUT2D eigenvalue weighted by Crippen LogP contribution is -2.37. The molecule has 0 unspecified atom stereocenters. The van der Waals surface area contributed by atoms with Crippen LogP contribution >= 0.6 is 11.6 Å². The first-order chi connectivity index (χ1) is 10.8. The Labute approximate surface area is 137 Å². The zero-order valence-corrected chi connectivity index (χ0v) is 13.1. The number of anilines is 1. The van der Waals surface area contributed by atoms with Crippen LogP contribution in [0.4, 0.5) is 14.5 Å². The summed E-state index contributed by atoms with van der Waals surface area (Å²) in [6.45, 7) is -1.02. The molecular weight excluding hydrogens is 334 g/mol. The number of carboxylic acid groups (broad SMARTS) is 1. The molecule has 0 aliphatic carbocycles. The van der Waals surface area contributed by atoms with Gasteiger partial charge in [-0.05, 0) is 31.2 Å². The van der Waals surface area contributed by atoms with E-state index < -0.39 is 18.5 Å². The molecule has 0 radical (unpaired) electrons. The van der Waals surface area contributed by atoms with E-state index in [0.29, 0.717) is 18.7 Å². The molecule has 0 spiro atoms. The van der Waals surface area contributed by atoms with Gasteiger partial charge in [0.05, 0.1) is 18.1 Å². The predicted molar refractivity (Wildman–Crippen MR) is 81.1 cm³/mol. The van der Waals surface area contributed by atoms with Gasteiger partial charge in [0.15, 0.2) is 0 Å². The number of halogens is 3. The molecule has 0 fully saturated rings. The van der Waals surface area contributed by atoms with Crippen molar-refractivity contribution in [1.82, 2.24) is 4.90 Å². The predicted octanol–water partition coefficient (Wildman–Crippen LogP) is 2.68. The second kappa shape index (κ2) is 9.26. The number of aliphatic carboxylic acids is 1. The van der Waals surface area contributed by atoms with Gasteiger partial charge >= 0.3 is 12.6 Å². The molecule has 0 saturated carbocycles. The number of rotatable bonds is 9. The number of carbonyl (C=O) groups excluding carboxylic acids is 1. The topological polar surface area (TPSA) is 78.9 Å². The standard InChI is InChI=1S/C14H17ClF2N2O4/c1-2-5-19(8-13(21)22)7-12(20)18-9-3-4-11(10(15)6-9)23-14(16)17/h3-4,6,14H,2,5,7-8H2,1H3,(H,18,20)(H,21,22). The molecule has 1 rings (SSSR count).